The zero-order valence-corrected chi connectivity index (χ0v) is 22.3. The number of esters is 2. The summed E-state index contributed by atoms with van der Waals surface area (Å²) in [5.74, 6) is -2.22. The summed E-state index contributed by atoms with van der Waals surface area (Å²) in [5, 5.41) is 3.18. The second kappa shape index (κ2) is 14.0. The number of halogens is 1. The van der Waals surface area contributed by atoms with E-state index in [-0.39, 0.29) is 48.9 Å². The van der Waals surface area contributed by atoms with Crippen molar-refractivity contribution in [2.45, 2.75) is 39.2 Å². The van der Waals surface area contributed by atoms with Gasteiger partial charge in [0.1, 0.15) is 0 Å². The molecule has 3 aromatic carbocycles. The lowest BCUT2D eigenvalue weighted by molar-refractivity contribution is -0.146. The van der Waals surface area contributed by atoms with E-state index in [1.54, 1.807) is 48.5 Å². The van der Waals surface area contributed by atoms with Gasteiger partial charge in [0.15, 0.2) is 18.5 Å². The number of ketones is 2. The van der Waals surface area contributed by atoms with E-state index in [0.717, 1.165) is 5.56 Å². The summed E-state index contributed by atoms with van der Waals surface area (Å²) in [5.41, 5.74) is 2.55. The zero-order chi connectivity index (χ0) is 28.4. The number of carbonyl (C=O) groups is 5. The topological polar surface area (TPSA) is 116 Å². The molecule has 39 heavy (non-hydrogen) atoms. The molecule has 1 amide bonds. The van der Waals surface area contributed by atoms with Crippen molar-refractivity contribution in [2.75, 3.05) is 11.9 Å². The average molecular weight is 550 g/mol. The minimum Gasteiger partial charge on any atom is -0.454 e. The van der Waals surface area contributed by atoms with Gasteiger partial charge >= 0.3 is 11.9 Å². The van der Waals surface area contributed by atoms with Gasteiger partial charge in [0.2, 0.25) is 11.7 Å². The van der Waals surface area contributed by atoms with Gasteiger partial charge in [0, 0.05) is 34.7 Å². The van der Waals surface area contributed by atoms with Gasteiger partial charge in [-0.3, -0.25) is 19.2 Å². The third-order valence-electron chi connectivity index (χ3n) is 5.70. The SMILES string of the molecule is Cc1ccc(C(=O)COC(=O)c2ccc(NC(=O)CCCC(=O)O[C@@H](C)C(=O)c3ccc(Cl)cc3)cc2)cc1. The van der Waals surface area contributed by atoms with Gasteiger partial charge in [0.25, 0.3) is 0 Å². The first-order valence-electron chi connectivity index (χ1n) is 12.3. The summed E-state index contributed by atoms with van der Waals surface area (Å²) >= 11 is 5.82. The number of nitrogens with one attached hydrogen (secondary N) is 1. The van der Waals surface area contributed by atoms with E-state index < -0.39 is 18.0 Å². The van der Waals surface area contributed by atoms with Crippen LogP contribution < -0.4 is 5.32 Å². The predicted molar refractivity (Wildman–Crippen MR) is 146 cm³/mol. The van der Waals surface area contributed by atoms with Crippen LogP contribution in [0.5, 0.6) is 0 Å². The van der Waals surface area contributed by atoms with E-state index in [4.69, 9.17) is 21.1 Å². The van der Waals surface area contributed by atoms with Gasteiger partial charge in [-0.05, 0) is 68.8 Å². The van der Waals surface area contributed by atoms with Crippen LogP contribution >= 0.6 is 11.6 Å². The molecular formula is C30H28ClNO7. The Morgan fingerprint density at radius 1 is 0.795 bits per heavy atom. The van der Waals surface area contributed by atoms with Gasteiger partial charge in [-0.25, -0.2) is 4.79 Å². The molecule has 0 aliphatic carbocycles. The van der Waals surface area contributed by atoms with Crippen LogP contribution in [0.15, 0.2) is 72.8 Å². The Bertz CT molecular complexity index is 1330. The van der Waals surface area contributed by atoms with Crippen LogP contribution in [0.1, 0.15) is 62.8 Å². The lowest BCUT2D eigenvalue weighted by Gasteiger charge is -2.12. The van der Waals surface area contributed by atoms with Crippen LogP contribution in [0.3, 0.4) is 0 Å². The number of aryl methyl sites for hydroxylation is 1. The van der Waals surface area contributed by atoms with E-state index in [0.29, 0.717) is 21.8 Å². The zero-order valence-electron chi connectivity index (χ0n) is 21.6. The molecule has 0 fully saturated rings. The molecular weight excluding hydrogens is 522 g/mol. The molecule has 1 N–H and O–H groups in total. The van der Waals surface area contributed by atoms with Gasteiger partial charge < -0.3 is 14.8 Å². The molecule has 0 saturated heterocycles. The molecule has 8 nitrogen and oxygen atoms in total. The van der Waals surface area contributed by atoms with Crippen LogP contribution in [0.2, 0.25) is 5.02 Å². The molecule has 0 spiro atoms. The monoisotopic (exact) mass is 549 g/mol. The molecule has 0 bridgehead atoms. The fourth-order valence-corrected chi connectivity index (χ4v) is 3.63. The number of hydrogen-bond donors (Lipinski definition) is 1. The molecule has 1 atom stereocenters. The van der Waals surface area contributed by atoms with Crippen LogP contribution in [-0.2, 0) is 19.1 Å². The van der Waals surface area contributed by atoms with E-state index in [1.807, 2.05) is 6.92 Å². The van der Waals surface area contributed by atoms with E-state index >= 15 is 0 Å². The van der Waals surface area contributed by atoms with Crippen molar-refractivity contribution in [1.82, 2.24) is 0 Å². The van der Waals surface area contributed by atoms with Crippen molar-refractivity contribution in [2.24, 2.45) is 0 Å². The lowest BCUT2D eigenvalue weighted by atomic mass is 10.1. The number of hydrogen-bond acceptors (Lipinski definition) is 7. The summed E-state index contributed by atoms with van der Waals surface area (Å²) in [7, 11) is 0. The maximum atomic E-state index is 12.3. The van der Waals surface area contributed by atoms with Crippen molar-refractivity contribution >= 4 is 46.7 Å². The minimum absolute atomic E-state index is 0.0300. The maximum Gasteiger partial charge on any atom is 0.338 e. The van der Waals surface area contributed by atoms with Crippen LogP contribution in [0.4, 0.5) is 5.69 Å². The number of amides is 1. The molecule has 3 rings (SSSR count). The van der Waals surface area contributed by atoms with Crippen molar-refractivity contribution in [3.8, 4) is 0 Å². The quantitative estimate of drug-likeness (QED) is 0.230. The predicted octanol–water partition coefficient (Wildman–Crippen LogP) is 5.61. The maximum absolute atomic E-state index is 12.3. The lowest BCUT2D eigenvalue weighted by Crippen LogP contribution is -2.24. The first-order chi connectivity index (χ1) is 18.6. The smallest absolute Gasteiger partial charge is 0.338 e. The van der Waals surface area contributed by atoms with Crippen molar-refractivity contribution < 1.29 is 33.4 Å². The highest BCUT2D eigenvalue weighted by Crippen LogP contribution is 2.14. The first-order valence-corrected chi connectivity index (χ1v) is 12.7. The van der Waals surface area contributed by atoms with E-state index in [2.05, 4.69) is 5.32 Å². The summed E-state index contributed by atoms with van der Waals surface area (Å²) < 4.78 is 10.3. The van der Waals surface area contributed by atoms with Crippen molar-refractivity contribution in [3.05, 3.63) is 100 Å². The Morgan fingerprint density at radius 2 is 1.38 bits per heavy atom. The van der Waals surface area contributed by atoms with Crippen LogP contribution in [-0.4, -0.2) is 42.1 Å². The Balaban J connectivity index is 1.37. The second-order valence-corrected chi connectivity index (χ2v) is 9.28. The van der Waals surface area contributed by atoms with Crippen molar-refractivity contribution in [3.63, 3.8) is 0 Å². The Morgan fingerprint density at radius 3 is 2.03 bits per heavy atom. The summed E-state index contributed by atoms with van der Waals surface area (Å²) in [6.45, 7) is 3.02. The fraction of sp³-hybridized carbons (Fsp3) is 0.233. The highest BCUT2D eigenvalue weighted by atomic mass is 35.5. The van der Waals surface area contributed by atoms with E-state index in [9.17, 15) is 24.0 Å². The molecule has 0 aromatic heterocycles. The van der Waals surface area contributed by atoms with Crippen LogP contribution in [0, 0.1) is 6.92 Å². The third kappa shape index (κ3) is 9.19. The first kappa shape index (κ1) is 29.3. The second-order valence-electron chi connectivity index (χ2n) is 8.85. The molecule has 9 heteroatoms. The average Bonchev–Trinajstić information content (AvgIpc) is 2.92. The summed E-state index contributed by atoms with van der Waals surface area (Å²) in [6.07, 6.45) is -0.707. The highest BCUT2D eigenvalue weighted by Gasteiger charge is 2.19. The molecule has 202 valence electrons. The molecule has 0 unspecified atom stereocenters. The van der Waals surface area contributed by atoms with Crippen LogP contribution in [0.25, 0.3) is 0 Å². The number of anilines is 1. The number of ether oxygens (including phenoxy) is 2. The van der Waals surface area contributed by atoms with Gasteiger partial charge in [-0.2, -0.15) is 0 Å². The Kier molecular flexibility index (Phi) is 10.5. The molecule has 0 aliphatic rings. The normalized spacial score (nSPS) is 11.3. The number of Topliss-reactive ketones (excluding diaryl/α,β-unsaturated/α-hetero) is 2. The van der Waals surface area contributed by atoms with Gasteiger partial charge in [-0.15, -0.1) is 0 Å². The largest absolute Gasteiger partial charge is 0.454 e. The van der Waals surface area contributed by atoms with Crippen molar-refractivity contribution in [1.29, 1.82) is 0 Å². The molecule has 0 aliphatic heterocycles. The third-order valence-corrected chi connectivity index (χ3v) is 5.96. The number of carbonyl (C=O) groups excluding carboxylic acids is 5. The minimum atomic E-state index is -0.960. The fourth-order valence-electron chi connectivity index (χ4n) is 3.50. The highest BCUT2D eigenvalue weighted by molar-refractivity contribution is 6.30. The molecule has 0 saturated carbocycles. The summed E-state index contributed by atoms with van der Waals surface area (Å²) in [4.78, 5) is 61.1. The van der Waals surface area contributed by atoms with Gasteiger partial charge in [-0.1, -0.05) is 41.4 Å². The Hall–Kier alpha value is -4.30. The summed E-state index contributed by atoms with van der Waals surface area (Å²) in [6, 6.07) is 19.3. The molecule has 0 radical (unpaired) electrons. The number of rotatable bonds is 12. The standard InChI is InChI=1S/C30H28ClNO7/c1-19-6-8-21(9-7-19)26(33)18-38-30(37)23-12-16-25(17-13-23)32-27(34)4-3-5-28(35)39-20(2)29(36)22-10-14-24(31)15-11-22/h6-17,20H,3-5,18H2,1-2H3,(H,32,34)/t20-/m0/s1. The van der Waals surface area contributed by atoms with E-state index in [1.165, 1.54) is 31.2 Å². The molecule has 3 aromatic rings. The Labute approximate surface area is 231 Å². The number of benzene rings is 3. The van der Waals surface area contributed by atoms with Gasteiger partial charge in [0.05, 0.1) is 5.56 Å². The molecule has 0 heterocycles.